The first kappa shape index (κ1) is 19.9. The number of amides is 1. The van der Waals surface area contributed by atoms with Crippen molar-refractivity contribution in [1.29, 1.82) is 0 Å². The van der Waals surface area contributed by atoms with Crippen LogP contribution in [0.3, 0.4) is 0 Å². The average molecular weight is 408 g/mol. The maximum Gasteiger partial charge on any atom is 0.410 e. The average Bonchev–Trinajstić information content (AvgIpc) is 2.82. The van der Waals surface area contributed by atoms with Crippen LogP contribution in [0.5, 0.6) is 0 Å². The van der Waals surface area contributed by atoms with Gasteiger partial charge in [-0.1, -0.05) is 24.3 Å². The van der Waals surface area contributed by atoms with Crippen LogP contribution in [0.15, 0.2) is 24.3 Å². The van der Waals surface area contributed by atoms with Gasteiger partial charge in [0.05, 0.1) is 23.1 Å². The highest BCUT2D eigenvalue weighted by Crippen LogP contribution is 2.52. The molecule has 1 aliphatic heterocycles. The van der Waals surface area contributed by atoms with Crippen LogP contribution < -0.4 is 4.72 Å². The quantitative estimate of drug-likeness (QED) is 0.793. The van der Waals surface area contributed by atoms with Crippen LogP contribution in [0.1, 0.15) is 72.9 Å². The molecule has 0 radical (unpaired) electrons. The van der Waals surface area contributed by atoms with Gasteiger partial charge >= 0.3 is 6.09 Å². The summed E-state index contributed by atoms with van der Waals surface area (Å²) in [5, 5.41) is 0. The molecule has 5 nitrogen and oxygen atoms in total. The number of ether oxygens (including phenoxy) is 1. The Morgan fingerprint density at radius 1 is 1.21 bits per heavy atom. The summed E-state index contributed by atoms with van der Waals surface area (Å²) in [7, 11) is -1.38. The van der Waals surface area contributed by atoms with Gasteiger partial charge in [0, 0.05) is 13.1 Å². The van der Waals surface area contributed by atoms with Crippen LogP contribution in [0.2, 0.25) is 0 Å². The van der Waals surface area contributed by atoms with Crippen LogP contribution in [0.25, 0.3) is 0 Å². The number of hydrogen-bond acceptors (Lipinski definition) is 3. The molecule has 2 aliphatic rings. The molecule has 1 aromatic rings. The van der Waals surface area contributed by atoms with Crippen LogP contribution in [0.4, 0.5) is 4.79 Å². The molecule has 6 heteroatoms. The molecule has 0 aromatic heterocycles. The SMILES string of the molecule is [2H][C@]1(N[S@](=O)C(C)(C)C)c2ccccc2CC12CCN(C(=O)OC(C)(C)C)CC2. The van der Waals surface area contributed by atoms with E-state index < -0.39 is 32.8 Å². The van der Waals surface area contributed by atoms with Gasteiger partial charge in [0.25, 0.3) is 0 Å². The van der Waals surface area contributed by atoms with E-state index in [0.29, 0.717) is 25.9 Å². The topological polar surface area (TPSA) is 58.6 Å². The molecule has 1 N–H and O–H groups in total. The first-order valence-electron chi connectivity index (χ1n) is 10.5. The number of fused-ring (bicyclic) bond motifs is 1. The van der Waals surface area contributed by atoms with Crippen molar-refractivity contribution in [2.75, 3.05) is 13.1 Å². The lowest BCUT2D eigenvalue weighted by Gasteiger charge is -2.44. The van der Waals surface area contributed by atoms with E-state index in [-0.39, 0.29) is 6.09 Å². The Kier molecular flexibility index (Phi) is 5.29. The Labute approximate surface area is 173 Å². The molecule has 0 unspecified atom stereocenters. The number of piperidine rings is 1. The Balaban J connectivity index is 1.87. The highest BCUT2D eigenvalue weighted by molar-refractivity contribution is 7.84. The van der Waals surface area contributed by atoms with Gasteiger partial charge in [-0.25, -0.2) is 13.7 Å². The van der Waals surface area contributed by atoms with Gasteiger partial charge in [-0.15, -0.1) is 0 Å². The van der Waals surface area contributed by atoms with Gasteiger partial charge in [0.15, 0.2) is 0 Å². The van der Waals surface area contributed by atoms with Crippen molar-refractivity contribution in [3.63, 3.8) is 0 Å². The molecule has 0 saturated carbocycles. The Hall–Kier alpha value is -1.40. The molecular weight excluding hydrogens is 372 g/mol. The third-order valence-corrected chi connectivity index (χ3v) is 6.97. The Morgan fingerprint density at radius 2 is 1.82 bits per heavy atom. The second-order valence-electron chi connectivity index (χ2n) is 9.94. The van der Waals surface area contributed by atoms with Gasteiger partial charge in [0.2, 0.25) is 0 Å². The smallest absolute Gasteiger partial charge is 0.410 e. The van der Waals surface area contributed by atoms with E-state index in [1.807, 2.05) is 59.7 Å². The minimum absolute atomic E-state index is 0.301. The normalized spacial score (nSPS) is 25.9. The maximum absolute atomic E-state index is 13.0. The summed E-state index contributed by atoms with van der Waals surface area (Å²) in [4.78, 5) is 14.2. The molecule has 1 heterocycles. The van der Waals surface area contributed by atoms with Crippen molar-refractivity contribution in [3.05, 3.63) is 35.4 Å². The van der Waals surface area contributed by atoms with Crippen LogP contribution in [0, 0.1) is 5.41 Å². The summed E-state index contributed by atoms with van der Waals surface area (Å²) in [6.07, 6.45) is 1.78. The van der Waals surface area contributed by atoms with Gasteiger partial charge in [0.1, 0.15) is 5.60 Å². The first-order chi connectivity index (χ1) is 13.3. The summed E-state index contributed by atoms with van der Waals surface area (Å²) in [5.41, 5.74) is 1.10. The van der Waals surface area contributed by atoms with Gasteiger partial charge in [-0.3, -0.25) is 0 Å². The van der Waals surface area contributed by atoms with E-state index in [1.165, 1.54) is 0 Å². The predicted molar refractivity (Wildman–Crippen MR) is 113 cm³/mol. The number of nitrogens with one attached hydrogen (secondary N) is 1. The highest BCUT2D eigenvalue weighted by atomic mass is 32.2. The fourth-order valence-corrected chi connectivity index (χ4v) is 4.75. The summed E-state index contributed by atoms with van der Waals surface area (Å²) in [6, 6.07) is 6.83. The fraction of sp³-hybridized carbons (Fsp3) is 0.682. The standard InChI is InChI=1S/C22H34N2O3S/c1-20(2,3)27-19(25)24-13-11-22(12-14-24)15-16-9-7-8-10-17(16)18(22)23-28(26)21(4,5)6/h7-10,18,23H,11-15H2,1-6H3/t18-,28+/m0/s1/i18D. The number of hydrogen-bond donors (Lipinski definition) is 1. The second-order valence-corrected chi connectivity index (χ2v) is 11.9. The molecule has 1 fully saturated rings. The van der Waals surface area contributed by atoms with E-state index >= 15 is 0 Å². The lowest BCUT2D eigenvalue weighted by molar-refractivity contribution is 0.00724. The van der Waals surface area contributed by atoms with Crippen LogP contribution in [-0.2, 0) is 22.1 Å². The van der Waals surface area contributed by atoms with Crippen LogP contribution in [-0.4, -0.2) is 38.6 Å². The number of likely N-dealkylation sites (tertiary alicyclic amines) is 1. The van der Waals surface area contributed by atoms with E-state index in [4.69, 9.17) is 4.74 Å². The number of carbonyl (C=O) groups is 1. The van der Waals surface area contributed by atoms with Crippen molar-refractivity contribution < 1.29 is 15.1 Å². The van der Waals surface area contributed by atoms with E-state index in [0.717, 1.165) is 17.5 Å². The molecule has 1 aliphatic carbocycles. The first-order valence-corrected chi connectivity index (χ1v) is 11.2. The largest absolute Gasteiger partial charge is 0.444 e. The number of rotatable bonds is 2. The van der Waals surface area contributed by atoms with Crippen molar-refractivity contribution in [3.8, 4) is 0 Å². The summed E-state index contributed by atoms with van der Waals surface area (Å²) in [6.45, 7) is 12.4. The van der Waals surface area contributed by atoms with Gasteiger partial charge < -0.3 is 9.64 Å². The third kappa shape index (κ3) is 4.43. The molecule has 3 rings (SSSR count). The van der Waals surface area contributed by atoms with E-state index in [1.54, 1.807) is 4.90 Å². The molecule has 28 heavy (non-hydrogen) atoms. The lowest BCUT2D eigenvalue weighted by atomic mass is 9.73. The molecule has 1 saturated heterocycles. The maximum atomic E-state index is 13.0. The molecule has 156 valence electrons. The monoisotopic (exact) mass is 407 g/mol. The number of carbonyl (C=O) groups excluding carboxylic acids is 1. The minimum Gasteiger partial charge on any atom is -0.444 e. The van der Waals surface area contributed by atoms with Gasteiger partial charge in [-0.05, 0) is 77.3 Å². The van der Waals surface area contributed by atoms with Crippen molar-refractivity contribution >= 4 is 17.1 Å². The van der Waals surface area contributed by atoms with Gasteiger partial charge in [-0.2, -0.15) is 0 Å². The fourth-order valence-electron chi connectivity index (χ4n) is 3.94. The van der Waals surface area contributed by atoms with Crippen molar-refractivity contribution in [1.82, 2.24) is 9.62 Å². The molecule has 0 bridgehead atoms. The zero-order valence-electron chi connectivity index (χ0n) is 18.9. The summed E-state index contributed by atoms with van der Waals surface area (Å²) >= 11 is 0. The molecule has 1 spiro atoms. The number of benzene rings is 1. The van der Waals surface area contributed by atoms with E-state index in [2.05, 4.69) is 10.8 Å². The number of nitrogens with zero attached hydrogens (tertiary/aromatic N) is 1. The predicted octanol–water partition coefficient (Wildman–Crippen LogP) is 4.35. The molecule has 2 atom stereocenters. The second kappa shape index (κ2) is 7.45. The zero-order chi connectivity index (χ0) is 21.7. The molecular formula is C22H34N2O3S. The lowest BCUT2D eigenvalue weighted by Crippen LogP contribution is -2.49. The molecule has 1 aromatic carbocycles. The third-order valence-electron chi connectivity index (χ3n) is 5.47. The minimum atomic E-state index is -1.38. The van der Waals surface area contributed by atoms with Crippen molar-refractivity contribution in [2.24, 2.45) is 5.41 Å². The zero-order valence-corrected chi connectivity index (χ0v) is 18.7. The Morgan fingerprint density at radius 3 is 2.39 bits per heavy atom. The van der Waals surface area contributed by atoms with Crippen molar-refractivity contribution in [2.45, 2.75) is 77.2 Å². The van der Waals surface area contributed by atoms with E-state index in [9.17, 15) is 10.4 Å². The highest BCUT2D eigenvalue weighted by Gasteiger charge is 2.49. The molecule has 1 amide bonds. The summed E-state index contributed by atoms with van der Waals surface area (Å²) in [5.74, 6) is 0. The Bertz CT molecular complexity index is 807. The summed E-state index contributed by atoms with van der Waals surface area (Å²) < 4.78 is 30.7. The van der Waals surface area contributed by atoms with Crippen LogP contribution >= 0.6 is 0 Å².